The minimum Gasteiger partial charge on any atom is -0.497 e. The molecule has 2 atom stereocenters. The Morgan fingerprint density at radius 1 is 1.22 bits per heavy atom. The predicted molar refractivity (Wildman–Crippen MR) is 104 cm³/mol. The van der Waals surface area contributed by atoms with E-state index in [0.717, 1.165) is 16.0 Å². The normalized spacial score (nSPS) is 19.4. The van der Waals surface area contributed by atoms with Crippen LogP contribution in [0.1, 0.15) is 29.7 Å². The monoisotopic (exact) mass is 386 g/mol. The van der Waals surface area contributed by atoms with Crippen LogP contribution >= 0.6 is 11.3 Å². The van der Waals surface area contributed by atoms with Gasteiger partial charge in [0.1, 0.15) is 17.4 Å². The fourth-order valence-electron chi connectivity index (χ4n) is 3.44. The van der Waals surface area contributed by atoms with E-state index in [-0.39, 0.29) is 18.3 Å². The third-order valence-electron chi connectivity index (χ3n) is 4.68. The van der Waals surface area contributed by atoms with E-state index < -0.39 is 11.9 Å². The summed E-state index contributed by atoms with van der Waals surface area (Å²) < 4.78 is 16.1. The number of hydrogen-bond donors (Lipinski definition) is 0. The molecule has 142 valence electrons. The van der Waals surface area contributed by atoms with Gasteiger partial charge in [0.25, 0.3) is 0 Å². The van der Waals surface area contributed by atoms with Gasteiger partial charge in [-0.05, 0) is 54.6 Å². The van der Waals surface area contributed by atoms with Crippen LogP contribution in [0.4, 0.5) is 0 Å². The number of carbonyl (C=O) groups excluding carboxylic acids is 2. The van der Waals surface area contributed by atoms with Crippen molar-refractivity contribution in [3.8, 4) is 11.5 Å². The number of esters is 1. The first-order valence-electron chi connectivity index (χ1n) is 8.75. The molecule has 0 unspecified atom stereocenters. The number of benzene rings is 1. The number of carbonyl (C=O) groups is 2. The standard InChI is InChI=1S/C21H22O5S/c1-4-26-21(23)20-16(15-12-14(24-2)7-8-18(15)25-3)10-13(11-17(20)22)19-6-5-9-27-19/h5-9,11-12,16,20H,4,10H2,1-3H3/t16-,20+/m1/s1. The molecule has 2 aromatic rings. The average molecular weight is 386 g/mol. The summed E-state index contributed by atoms with van der Waals surface area (Å²) in [6.45, 7) is 1.96. The van der Waals surface area contributed by atoms with Gasteiger partial charge in [0.2, 0.25) is 0 Å². The highest BCUT2D eigenvalue weighted by Gasteiger charge is 2.41. The lowest BCUT2D eigenvalue weighted by atomic mass is 9.74. The molecule has 0 spiro atoms. The molecule has 0 aliphatic heterocycles. The number of allylic oxidation sites excluding steroid dienone is 2. The van der Waals surface area contributed by atoms with Crippen LogP contribution < -0.4 is 9.47 Å². The molecule has 6 heteroatoms. The van der Waals surface area contributed by atoms with Crippen LogP contribution in [0, 0.1) is 5.92 Å². The summed E-state index contributed by atoms with van der Waals surface area (Å²) in [4.78, 5) is 26.5. The Labute approximate surface area is 162 Å². The highest BCUT2D eigenvalue weighted by Crippen LogP contribution is 2.45. The second-order valence-electron chi connectivity index (χ2n) is 6.20. The third-order valence-corrected chi connectivity index (χ3v) is 5.63. The molecule has 3 rings (SSSR count). The molecule has 1 aliphatic rings. The number of thiophene rings is 1. The predicted octanol–water partition coefficient (Wildman–Crippen LogP) is 4.08. The number of rotatable bonds is 6. The Kier molecular flexibility index (Phi) is 5.96. The zero-order valence-electron chi connectivity index (χ0n) is 15.6. The van der Waals surface area contributed by atoms with Gasteiger partial charge in [0.15, 0.2) is 5.78 Å². The van der Waals surface area contributed by atoms with Gasteiger partial charge in [-0.15, -0.1) is 11.3 Å². The highest BCUT2D eigenvalue weighted by molar-refractivity contribution is 7.11. The molecule has 27 heavy (non-hydrogen) atoms. The molecule has 0 bridgehead atoms. The van der Waals surface area contributed by atoms with Gasteiger partial charge in [-0.1, -0.05) is 6.07 Å². The van der Waals surface area contributed by atoms with E-state index in [0.29, 0.717) is 17.9 Å². The first-order chi connectivity index (χ1) is 13.1. The summed E-state index contributed by atoms with van der Waals surface area (Å²) in [5, 5.41) is 1.97. The Balaban J connectivity index is 2.10. The van der Waals surface area contributed by atoms with Gasteiger partial charge in [0, 0.05) is 16.4 Å². The van der Waals surface area contributed by atoms with E-state index in [1.54, 1.807) is 50.7 Å². The number of hydrogen-bond acceptors (Lipinski definition) is 6. The van der Waals surface area contributed by atoms with Crippen molar-refractivity contribution in [2.24, 2.45) is 5.92 Å². The van der Waals surface area contributed by atoms with Gasteiger partial charge in [-0.2, -0.15) is 0 Å². The zero-order valence-corrected chi connectivity index (χ0v) is 16.4. The summed E-state index contributed by atoms with van der Waals surface area (Å²) in [5.74, 6) is -0.751. The van der Waals surface area contributed by atoms with E-state index in [1.807, 2.05) is 23.6 Å². The largest absolute Gasteiger partial charge is 0.497 e. The zero-order chi connectivity index (χ0) is 19.4. The van der Waals surface area contributed by atoms with Crippen LogP contribution in [0.3, 0.4) is 0 Å². The summed E-state index contributed by atoms with van der Waals surface area (Å²) in [6, 6.07) is 9.35. The van der Waals surface area contributed by atoms with Crippen LogP contribution in [0.5, 0.6) is 11.5 Å². The summed E-state index contributed by atoms with van der Waals surface area (Å²) >= 11 is 1.57. The van der Waals surface area contributed by atoms with Gasteiger partial charge < -0.3 is 14.2 Å². The van der Waals surface area contributed by atoms with Crippen LogP contribution in [-0.4, -0.2) is 32.6 Å². The maximum Gasteiger partial charge on any atom is 0.317 e. The first kappa shape index (κ1) is 19.2. The van der Waals surface area contributed by atoms with Crippen LogP contribution in [0.15, 0.2) is 41.8 Å². The summed E-state index contributed by atoms with van der Waals surface area (Å²) in [5.41, 5.74) is 1.69. The highest BCUT2D eigenvalue weighted by atomic mass is 32.1. The molecule has 0 fully saturated rings. The number of ketones is 1. The van der Waals surface area contributed by atoms with Crippen molar-refractivity contribution in [2.45, 2.75) is 19.3 Å². The first-order valence-corrected chi connectivity index (χ1v) is 9.63. The molecule has 0 amide bonds. The molecular weight excluding hydrogens is 364 g/mol. The van der Waals surface area contributed by atoms with Crippen molar-refractivity contribution < 1.29 is 23.8 Å². The minimum absolute atomic E-state index is 0.228. The molecule has 0 N–H and O–H groups in total. The lowest BCUT2D eigenvalue weighted by molar-refractivity contribution is -0.151. The maximum atomic E-state index is 12.9. The topological polar surface area (TPSA) is 61.8 Å². The van der Waals surface area contributed by atoms with Crippen molar-refractivity contribution >= 4 is 28.7 Å². The van der Waals surface area contributed by atoms with Crippen LogP contribution in [-0.2, 0) is 14.3 Å². The van der Waals surface area contributed by atoms with Crippen molar-refractivity contribution in [1.29, 1.82) is 0 Å². The van der Waals surface area contributed by atoms with E-state index in [4.69, 9.17) is 14.2 Å². The number of ether oxygens (including phenoxy) is 3. The smallest absolute Gasteiger partial charge is 0.317 e. The summed E-state index contributed by atoms with van der Waals surface area (Å²) in [6.07, 6.45) is 2.12. The van der Waals surface area contributed by atoms with E-state index in [1.165, 1.54) is 0 Å². The van der Waals surface area contributed by atoms with Gasteiger partial charge in [-0.3, -0.25) is 9.59 Å². The Bertz CT molecular complexity index is 853. The fourth-order valence-corrected chi connectivity index (χ4v) is 4.19. The van der Waals surface area contributed by atoms with E-state index in [9.17, 15) is 9.59 Å². The molecular formula is C21H22O5S. The second kappa shape index (κ2) is 8.39. The minimum atomic E-state index is -0.894. The van der Waals surface area contributed by atoms with Gasteiger partial charge >= 0.3 is 5.97 Å². The third kappa shape index (κ3) is 3.90. The number of methoxy groups -OCH3 is 2. The van der Waals surface area contributed by atoms with Crippen LogP contribution in [0.2, 0.25) is 0 Å². The average Bonchev–Trinajstić information content (AvgIpc) is 3.21. The Hall–Kier alpha value is -2.60. The second-order valence-corrected chi connectivity index (χ2v) is 7.15. The van der Waals surface area contributed by atoms with Crippen molar-refractivity contribution in [3.05, 3.63) is 52.2 Å². The van der Waals surface area contributed by atoms with Crippen molar-refractivity contribution in [3.63, 3.8) is 0 Å². The molecule has 5 nitrogen and oxygen atoms in total. The molecule has 1 heterocycles. The molecule has 1 aromatic carbocycles. The molecule has 0 saturated carbocycles. The van der Waals surface area contributed by atoms with Gasteiger partial charge in [0.05, 0.1) is 20.8 Å². The molecule has 0 saturated heterocycles. The van der Waals surface area contributed by atoms with Crippen LogP contribution in [0.25, 0.3) is 5.57 Å². The maximum absolute atomic E-state index is 12.9. The summed E-state index contributed by atoms with van der Waals surface area (Å²) in [7, 11) is 3.16. The fraction of sp³-hybridized carbons (Fsp3) is 0.333. The van der Waals surface area contributed by atoms with E-state index in [2.05, 4.69) is 0 Å². The Morgan fingerprint density at radius 3 is 2.67 bits per heavy atom. The SMILES string of the molecule is CCOC(=O)[C@@H]1C(=O)C=C(c2cccs2)C[C@@H]1c1cc(OC)ccc1OC. The van der Waals surface area contributed by atoms with E-state index >= 15 is 0 Å². The van der Waals surface area contributed by atoms with Crippen molar-refractivity contribution in [1.82, 2.24) is 0 Å². The van der Waals surface area contributed by atoms with Crippen molar-refractivity contribution in [2.75, 3.05) is 20.8 Å². The molecule has 1 aromatic heterocycles. The molecule has 1 aliphatic carbocycles. The lowest BCUT2D eigenvalue weighted by Gasteiger charge is -2.30. The Morgan fingerprint density at radius 2 is 2.04 bits per heavy atom. The quantitative estimate of drug-likeness (QED) is 0.553. The van der Waals surface area contributed by atoms with Gasteiger partial charge in [-0.25, -0.2) is 0 Å². The molecule has 0 radical (unpaired) electrons. The lowest BCUT2D eigenvalue weighted by Crippen LogP contribution is -2.34.